The zero-order valence-corrected chi connectivity index (χ0v) is 21.3. The molecule has 0 atom stereocenters. The fourth-order valence-electron chi connectivity index (χ4n) is 6.75. The number of hydrogen-bond donors (Lipinski definition) is 0. The van der Waals surface area contributed by atoms with E-state index in [1.807, 2.05) is 0 Å². The van der Waals surface area contributed by atoms with Crippen molar-refractivity contribution < 1.29 is 0 Å². The Bertz CT molecular complexity index is 1400. The molecule has 164 valence electrons. The number of hydrogen-bond acceptors (Lipinski definition) is 1. The van der Waals surface area contributed by atoms with Crippen LogP contribution in [0.15, 0.2) is 121 Å². The summed E-state index contributed by atoms with van der Waals surface area (Å²) < 4.78 is 7.57. The fraction of sp³-hybridized carbons (Fsp3) is 0.0625. The van der Waals surface area contributed by atoms with Gasteiger partial charge in [0.25, 0.3) is 0 Å². The van der Waals surface area contributed by atoms with Gasteiger partial charge in [0.15, 0.2) is 0 Å². The Labute approximate surface area is 202 Å². The predicted molar refractivity (Wildman–Crippen MR) is 148 cm³/mol. The second-order valence-corrected chi connectivity index (χ2v) is 19.4. The molecule has 7 rings (SSSR count). The maximum absolute atomic E-state index is 4.02. The Balaban J connectivity index is 1.80. The van der Waals surface area contributed by atoms with Crippen LogP contribution < -0.4 is 26.7 Å². The van der Waals surface area contributed by atoms with E-state index < -0.39 is 12.5 Å². The first-order valence-electron chi connectivity index (χ1n) is 11.9. The Morgan fingerprint density at radius 2 is 0.735 bits per heavy atom. The third-order valence-electron chi connectivity index (χ3n) is 8.01. The van der Waals surface area contributed by atoms with Crippen molar-refractivity contribution in [3.63, 3.8) is 0 Å². The molecule has 0 aromatic heterocycles. The van der Waals surface area contributed by atoms with Crippen LogP contribution in [0.3, 0.4) is 0 Å². The van der Waals surface area contributed by atoms with Gasteiger partial charge >= 0.3 is 202 Å². The van der Waals surface area contributed by atoms with E-state index >= 15 is 0 Å². The van der Waals surface area contributed by atoms with E-state index in [4.69, 9.17) is 0 Å². The van der Waals surface area contributed by atoms with Crippen molar-refractivity contribution in [3.05, 3.63) is 121 Å². The van der Waals surface area contributed by atoms with Gasteiger partial charge in [-0.25, -0.2) is 0 Å². The van der Waals surface area contributed by atoms with Crippen LogP contribution in [0.1, 0.15) is 0 Å². The van der Waals surface area contributed by atoms with Crippen molar-refractivity contribution in [1.29, 1.82) is 0 Å². The van der Waals surface area contributed by atoms with E-state index in [0.29, 0.717) is 0 Å². The van der Waals surface area contributed by atoms with E-state index in [1.54, 1.807) is 0 Å². The van der Waals surface area contributed by atoms with Gasteiger partial charge in [-0.2, -0.15) is 0 Å². The molecule has 0 aliphatic carbocycles. The normalized spacial score (nSPS) is 16.6. The van der Waals surface area contributed by atoms with Crippen LogP contribution >= 0.6 is 0 Å². The summed E-state index contributed by atoms with van der Waals surface area (Å²) >= 11 is -4.02. The van der Waals surface area contributed by atoms with Gasteiger partial charge in [-0.05, 0) is 0 Å². The molecule has 0 saturated carbocycles. The van der Waals surface area contributed by atoms with Crippen molar-refractivity contribution in [2.45, 2.75) is 0 Å². The monoisotopic (exact) mass is 499 g/mol. The second-order valence-electron chi connectivity index (χ2n) is 9.60. The van der Waals surface area contributed by atoms with Crippen molar-refractivity contribution in [1.82, 2.24) is 0 Å². The zero-order valence-electron chi connectivity index (χ0n) is 19.4. The Kier molecular flexibility index (Phi) is 3.95. The molecule has 0 bridgehead atoms. The average Bonchev–Trinajstić information content (AvgIpc) is 3.33. The first-order valence-corrected chi connectivity index (χ1v) is 16.6. The van der Waals surface area contributed by atoms with Crippen molar-refractivity contribution in [2.24, 2.45) is 0 Å². The van der Waals surface area contributed by atoms with Gasteiger partial charge in [0.1, 0.15) is 0 Å². The van der Waals surface area contributed by atoms with E-state index in [2.05, 4.69) is 140 Å². The van der Waals surface area contributed by atoms with Crippen LogP contribution in [0.5, 0.6) is 0 Å². The zero-order chi connectivity index (χ0) is 22.9. The Hall–Kier alpha value is -3.54. The quantitative estimate of drug-likeness (QED) is 0.326. The summed E-state index contributed by atoms with van der Waals surface area (Å²) in [6, 6.07) is 46.3. The number of rotatable bonds is 2. The summed E-state index contributed by atoms with van der Waals surface area (Å²) in [5.41, 5.74) is 6.81. The van der Waals surface area contributed by atoms with Gasteiger partial charge in [-0.1, -0.05) is 0 Å². The predicted octanol–water partition coefficient (Wildman–Crippen LogP) is 3.95. The number of benzene rings is 5. The van der Waals surface area contributed by atoms with Crippen molar-refractivity contribution >= 4 is 39.9 Å². The number of fused-ring (bicyclic) bond motifs is 10. The summed E-state index contributed by atoms with van der Waals surface area (Å²) in [4.78, 5) is 2.19. The first kappa shape index (κ1) is 19.9. The van der Waals surface area contributed by atoms with Crippen LogP contribution in [0, 0.1) is 0 Å². The van der Waals surface area contributed by atoms with E-state index in [1.165, 1.54) is 49.7 Å². The minimum atomic E-state index is -4.02. The Morgan fingerprint density at radius 1 is 0.412 bits per heavy atom. The van der Waals surface area contributed by atoms with E-state index in [-0.39, 0.29) is 0 Å². The van der Waals surface area contributed by atoms with Crippen LogP contribution in [-0.2, 0) is 0 Å². The third-order valence-corrected chi connectivity index (χ3v) is 22.2. The van der Waals surface area contributed by atoms with Gasteiger partial charge in [0.05, 0.1) is 0 Å². The molecule has 0 radical (unpaired) electrons. The fourth-order valence-corrected chi connectivity index (χ4v) is 22.8. The summed E-state index contributed by atoms with van der Waals surface area (Å²) in [7, 11) is 4.23. The second kappa shape index (κ2) is 6.75. The van der Waals surface area contributed by atoms with Crippen LogP contribution in [0.2, 0.25) is 0 Å². The Morgan fingerprint density at radius 3 is 1.06 bits per heavy atom. The van der Waals surface area contributed by atoms with Crippen LogP contribution in [-0.4, -0.2) is 26.5 Å². The summed E-state index contributed by atoms with van der Waals surface area (Å²) in [5, 5.41) is 0. The average molecular weight is 499 g/mol. The summed E-state index contributed by atoms with van der Waals surface area (Å²) in [6.45, 7) is 0. The van der Waals surface area contributed by atoms with Gasteiger partial charge in [-0.15, -0.1) is 0 Å². The van der Waals surface area contributed by atoms with Gasteiger partial charge < -0.3 is 0 Å². The number of anilines is 1. The molecule has 1 spiro atoms. The molecule has 0 amide bonds. The standard InChI is InChI=1S/C32H26AsN/c1-34(2)24-21-19-23(20-22-24)33(29-15-7-3-11-25(29)26-12-4-8-16-30(26)33)31-17-9-5-13-27(31)28-14-6-10-18-32(28)33/h3-22H,1-2H3. The summed E-state index contributed by atoms with van der Waals surface area (Å²) in [5.74, 6) is 0. The topological polar surface area (TPSA) is 3.24 Å². The van der Waals surface area contributed by atoms with Gasteiger partial charge in [0.2, 0.25) is 0 Å². The molecular weight excluding hydrogens is 473 g/mol. The van der Waals surface area contributed by atoms with E-state index in [9.17, 15) is 0 Å². The molecular formula is C32H26AsN. The number of nitrogens with zero attached hydrogens (tertiary/aromatic N) is 1. The molecule has 2 heterocycles. The molecule has 34 heavy (non-hydrogen) atoms. The minimum absolute atomic E-state index is 1.23. The molecule has 2 heteroatoms. The summed E-state index contributed by atoms with van der Waals surface area (Å²) in [6.07, 6.45) is 0. The van der Waals surface area contributed by atoms with E-state index in [0.717, 1.165) is 0 Å². The molecule has 0 N–H and O–H groups in total. The molecule has 0 saturated heterocycles. The van der Waals surface area contributed by atoms with Gasteiger partial charge in [0, 0.05) is 0 Å². The SMILES string of the molecule is CN(C)c1ccc([As]23(c4ccccc4-c4ccccc42)c2ccccc2-c2ccccc23)cc1. The third kappa shape index (κ3) is 2.04. The molecule has 2 aliphatic rings. The van der Waals surface area contributed by atoms with Crippen LogP contribution in [0.25, 0.3) is 22.3 Å². The molecule has 0 fully saturated rings. The first-order chi connectivity index (χ1) is 16.7. The molecule has 0 unspecified atom stereocenters. The maximum atomic E-state index is 2.43. The molecule has 5 aromatic carbocycles. The molecule has 5 aromatic rings. The van der Waals surface area contributed by atoms with Gasteiger partial charge in [-0.3, -0.25) is 0 Å². The van der Waals surface area contributed by atoms with Crippen LogP contribution in [0.4, 0.5) is 5.69 Å². The molecule has 2 aliphatic heterocycles. The van der Waals surface area contributed by atoms with Crippen molar-refractivity contribution in [2.75, 3.05) is 19.0 Å². The van der Waals surface area contributed by atoms with Crippen molar-refractivity contribution in [3.8, 4) is 22.3 Å². The molecule has 1 nitrogen and oxygen atoms in total.